The van der Waals surface area contributed by atoms with Crippen LogP contribution >= 0.6 is 0 Å². The van der Waals surface area contributed by atoms with Crippen LogP contribution in [0.15, 0.2) is 30.7 Å². The Morgan fingerprint density at radius 2 is 2.11 bits per heavy atom. The van der Waals surface area contributed by atoms with Crippen LogP contribution in [0.5, 0.6) is 0 Å². The number of rotatable bonds is 5. The minimum Gasteiger partial charge on any atom is -0.323 e. The van der Waals surface area contributed by atoms with Gasteiger partial charge in [0.2, 0.25) is 0 Å². The third-order valence-corrected chi connectivity index (χ3v) is 3.06. The van der Waals surface area contributed by atoms with Crippen molar-refractivity contribution in [2.24, 2.45) is 5.73 Å². The number of imidazole rings is 1. The van der Waals surface area contributed by atoms with Crippen molar-refractivity contribution in [2.45, 2.75) is 39.2 Å². The lowest BCUT2D eigenvalue weighted by Gasteiger charge is -2.10. The Labute approximate surface area is 108 Å². The van der Waals surface area contributed by atoms with Gasteiger partial charge in [-0.1, -0.05) is 13.8 Å². The summed E-state index contributed by atoms with van der Waals surface area (Å²) < 4.78 is 2.08. The second-order valence-electron chi connectivity index (χ2n) is 4.42. The molecule has 0 saturated carbocycles. The highest BCUT2D eigenvalue weighted by atomic mass is 15.1. The van der Waals surface area contributed by atoms with Crippen LogP contribution in [0.3, 0.4) is 0 Å². The van der Waals surface area contributed by atoms with Crippen LogP contribution < -0.4 is 5.73 Å². The van der Waals surface area contributed by atoms with Gasteiger partial charge in [0.15, 0.2) is 0 Å². The van der Waals surface area contributed by atoms with Gasteiger partial charge in [0.25, 0.3) is 0 Å². The van der Waals surface area contributed by atoms with E-state index in [4.69, 9.17) is 5.73 Å². The number of nitrogens with two attached hydrogens (primary N) is 1. The van der Waals surface area contributed by atoms with Crippen molar-refractivity contribution in [3.63, 3.8) is 0 Å². The molecule has 2 N–H and O–H groups in total. The first-order chi connectivity index (χ1) is 8.76. The molecule has 0 aliphatic carbocycles. The highest BCUT2D eigenvalue weighted by molar-refractivity contribution is 5.32. The summed E-state index contributed by atoms with van der Waals surface area (Å²) >= 11 is 0. The van der Waals surface area contributed by atoms with E-state index in [9.17, 15) is 0 Å². The average molecular weight is 244 g/mol. The second-order valence-corrected chi connectivity index (χ2v) is 4.42. The van der Waals surface area contributed by atoms with E-state index in [1.54, 1.807) is 0 Å². The van der Waals surface area contributed by atoms with Gasteiger partial charge < -0.3 is 10.3 Å². The van der Waals surface area contributed by atoms with Crippen molar-refractivity contribution in [3.8, 4) is 5.69 Å². The van der Waals surface area contributed by atoms with Crippen molar-refractivity contribution < 1.29 is 0 Å². The maximum absolute atomic E-state index is 5.96. The molecular formula is C14H20N4. The fourth-order valence-electron chi connectivity index (χ4n) is 1.95. The molecule has 0 spiro atoms. The van der Waals surface area contributed by atoms with Gasteiger partial charge >= 0.3 is 0 Å². The first-order valence-electron chi connectivity index (χ1n) is 6.50. The summed E-state index contributed by atoms with van der Waals surface area (Å²) in [6.45, 7) is 4.22. The lowest BCUT2D eigenvalue weighted by Crippen LogP contribution is -2.11. The number of nitrogens with zero attached hydrogens (tertiary/aromatic N) is 3. The highest BCUT2D eigenvalue weighted by Gasteiger charge is 2.07. The van der Waals surface area contributed by atoms with E-state index >= 15 is 0 Å². The minimum absolute atomic E-state index is 0.0250. The molecule has 2 rings (SSSR count). The molecule has 4 nitrogen and oxygen atoms in total. The number of hydrogen-bond donors (Lipinski definition) is 1. The Bertz CT molecular complexity index is 487. The van der Waals surface area contributed by atoms with Gasteiger partial charge in [0.1, 0.15) is 5.82 Å². The van der Waals surface area contributed by atoms with E-state index in [1.165, 1.54) is 0 Å². The molecule has 0 fully saturated rings. The second kappa shape index (κ2) is 5.78. The first kappa shape index (κ1) is 12.8. The van der Waals surface area contributed by atoms with E-state index < -0.39 is 0 Å². The third kappa shape index (κ3) is 2.59. The molecule has 0 aromatic carbocycles. The Balaban J connectivity index is 2.26. The van der Waals surface area contributed by atoms with Crippen molar-refractivity contribution in [3.05, 3.63) is 42.2 Å². The van der Waals surface area contributed by atoms with E-state index in [0.29, 0.717) is 0 Å². The summed E-state index contributed by atoms with van der Waals surface area (Å²) in [5, 5.41) is 0. The first-order valence-corrected chi connectivity index (χ1v) is 6.50. The van der Waals surface area contributed by atoms with Crippen LogP contribution in [-0.2, 0) is 6.42 Å². The van der Waals surface area contributed by atoms with Crippen LogP contribution in [0, 0.1) is 0 Å². The van der Waals surface area contributed by atoms with Gasteiger partial charge in [-0.15, -0.1) is 0 Å². The molecule has 96 valence electrons. The zero-order valence-electron chi connectivity index (χ0n) is 11.0. The zero-order valence-corrected chi connectivity index (χ0v) is 11.0. The van der Waals surface area contributed by atoms with Gasteiger partial charge in [-0.2, -0.15) is 0 Å². The van der Waals surface area contributed by atoms with Gasteiger partial charge in [-0.3, -0.25) is 4.98 Å². The Morgan fingerprint density at radius 1 is 1.28 bits per heavy atom. The summed E-state index contributed by atoms with van der Waals surface area (Å²) in [7, 11) is 0. The van der Waals surface area contributed by atoms with Crippen molar-refractivity contribution in [2.75, 3.05) is 0 Å². The van der Waals surface area contributed by atoms with E-state index in [2.05, 4.69) is 34.4 Å². The molecule has 0 saturated heterocycles. The lowest BCUT2D eigenvalue weighted by molar-refractivity contribution is 0.674. The van der Waals surface area contributed by atoms with Crippen LogP contribution in [-0.4, -0.2) is 14.5 Å². The number of pyridine rings is 1. The molecule has 18 heavy (non-hydrogen) atoms. The van der Waals surface area contributed by atoms with E-state index in [1.807, 2.05) is 24.7 Å². The molecule has 0 aliphatic heterocycles. The summed E-state index contributed by atoms with van der Waals surface area (Å²) in [5.41, 5.74) is 7.95. The number of aryl methyl sites for hydroxylation is 1. The Hall–Kier alpha value is -1.68. The minimum atomic E-state index is 0.0250. The molecule has 0 unspecified atom stereocenters. The maximum Gasteiger partial charge on any atom is 0.113 e. The standard InChI is InChI=1S/C14H20N4/c1-3-5-14-16-8-9-18(14)11-6-7-13(17-10-11)12(15)4-2/h6-10,12H,3-5,15H2,1-2H3/t12-/m0/s1. The molecule has 0 aliphatic rings. The molecule has 0 radical (unpaired) electrons. The summed E-state index contributed by atoms with van der Waals surface area (Å²) in [5.74, 6) is 1.08. The number of hydrogen-bond acceptors (Lipinski definition) is 3. The van der Waals surface area contributed by atoms with Crippen molar-refractivity contribution in [1.82, 2.24) is 14.5 Å². The zero-order chi connectivity index (χ0) is 13.0. The van der Waals surface area contributed by atoms with Gasteiger partial charge in [-0.25, -0.2) is 4.98 Å². The maximum atomic E-state index is 5.96. The smallest absolute Gasteiger partial charge is 0.113 e. The molecule has 0 amide bonds. The average Bonchev–Trinajstić information content (AvgIpc) is 2.87. The van der Waals surface area contributed by atoms with Crippen LogP contribution in [0.1, 0.15) is 44.2 Å². The van der Waals surface area contributed by atoms with Crippen LogP contribution in [0.4, 0.5) is 0 Å². The number of aromatic nitrogens is 3. The highest BCUT2D eigenvalue weighted by Crippen LogP contribution is 2.15. The third-order valence-electron chi connectivity index (χ3n) is 3.06. The SMILES string of the molecule is CCCc1nccn1-c1ccc([C@@H](N)CC)nc1. The fourth-order valence-corrected chi connectivity index (χ4v) is 1.95. The lowest BCUT2D eigenvalue weighted by atomic mass is 10.1. The Kier molecular flexibility index (Phi) is 4.10. The Morgan fingerprint density at radius 3 is 2.72 bits per heavy atom. The molecule has 2 aromatic rings. The van der Waals surface area contributed by atoms with E-state index in [0.717, 1.165) is 36.5 Å². The molecule has 2 aromatic heterocycles. The molecule has 0 bridgehead atoms. The van der Waals surface area contributed by atoms with E-state index in [-0.39, 0.29) is 6.04 Å². The van der Waals surface area contributed by atoms with Gasteiger partial charge in [0, 0.05) is 24.9 Å². The van der Waals surface area contributed by atoms with Crippen molar-refractivity contribution in [1.29, 1.82) is 0 Å². The largest absolute Gasteiger partial charge is 0.323 e. The van der Waals surface area contributed by atoms with Crippen LogP contribution in [0.2, 0.25) is 0 Å². The summed E-state index contributed by atoms with van der Waals surface area (Å²) in [4.78, 5) is 8.80. The monoisotopic (exact) mass is 244 g/mol. The van der Waals surface area contributed by atoms with Crippen molar-refractivity contribution >= 4 is 0 Å². The summed E-state index contributed by atoms with van der Waals surface area (Å²) in [6, 6.07) is 4.08. The van der Waals surface area contributed by atoms with Crippen LogP contribution in [0.25, 0.3) is 5.69 Å². The molecule has 1 atom stereocenters. The predicted octanol–water partition coefficient (Wildman–Crippen LogP) is 2.63. The van der Waals surface area contributed by atoms with Gasteiger partial charge in [0.05, 0.1) is 17.6 Å². The quantitative estimate of drug-likeness (QED) is 0.879. The topological polar surface area (TPSA) is 56.7 Å². The predicted molar refractivity (Wildman–Crippen MR) is 72.6 cm³/mol. The van der Waals surface area contributed by atoms with Gasteiger partial charge in [-0.05, 0) is 25.0 Å². The molecule has 4 heteroatoms. The summed E-state index contributed by atoms with van der Waals surface area (Å²) in [6.07, 6.45) is 8.63. The molecular weight excluding hydrogens is 224 g/mol. The molecule has 2 heterocycles. The normalized spacial score (nSPS) is 12.6. The fraction of sp³-hybridized carbons (Fsp3) is 0.429.